The van der Waals surface area contributed by atoms with Crippen LogP contribution in [0.4, 0.5) is 0 Å². The SMILES string of the molecule is Cc1c2c(c(C)c3cc(CC(C)(C)C)ccc13)-c1c3c(cc4ccc(C5CCCCC5)cc4c3cc[n+]1C)O2. The average molecular weight is 515 g/mol. The Labute approximate surface area is 232 Å². The maximum Gasteiger partial charge on any atom is 0.228 e. The first-order chi connectivity index (χ1) is 18.7. The van der Waals surface area contributed by atoms with Crippen LogP contribution < -0.4 is 9.30 Å². The number of nitrogens with zero attached hydrogens (tertiary/aromatic N) is 1. The maximum atomic E-state index is 6.88. The lowest BCUT2D eigenvalue weighted by atomic mass is 9.82. The van der Waals surface area contributed by atoms with E-state index in [0.29, 0.717) is 5.92 Å². The highest BCUT2D eigenvalue weighted by atomic mass is 16.5. The quantitative estimate of drug-likeness (QED) is 0.165. The lowest BCUT2D eigenvalue weighted by Gasteiger charge is -2.26. The largest absolute Gasteiger partial charge is 0.455 e. The van der Waals surface area contributed by atoms with Crippen LogP contribution in [0.3, 0.4) is 0 Å². The Bertz CT molecular complexity index is 1800. The van der Waals surface area contributed by atoms with Crippen LogP contribution in [0.15, 0.2) is 54.7 Å². The molecule has 198 valence electrons. The standard InChI is InChI=1S/C37H40NO/c1-22-30-18-24(21-37(3,4)5)12-15-28(30)23(2)36-33(22)35-34-29(16-17-38(35)6)31-19-26(25-10-8-7-9-11-25)13-14-27(31)20-32(34)39-36/h12-20,25H,7-11,21H2,1-6H3/q+1. The topological polar surface area (TPSA) is 13.1 Å². The Kier molecular flexibility index (Phi) is 5.57. The van der Waals surface area contributed by atoms with Crippen LogP contribution in [-0.2, 0) is 13.5 Å². The summed E-state index contributed by atoms with van der Waals surface area (Å²) in [5.41, 5.74) is 8.22. The third-order valence-electron chi connectivity index (χ3n) is 9.32. The van der Waals surface area contributed by atoms with Crippen molar-refractivity contribution in [2.45, 2.75) is 79.1 Å². The van der Waals surface area contributed by atoms with Crippen LogP contribution >= 0.6 is 0 Å². The summed E-state index contributed by atoms with van der Waals surface area (Å²) in [5, 5.41) is 7.80. The van der Waals surface area contributed by atoms with Crippen molar-refractivity contribution < 1.29 is 9.30 Å². The van der Waals surface area contributed by atoms with Gasteiger partial charge < -0.3 is 4.74 Å². The smallest absolute Gasteiger partial charge is 0.228 e. The summed E-state index contributed by atoms with van der Waals surface area (Å²) in [6.07, 6.45) is 10.1. The molecule has 0 N–H and O–H groups in total. The van der Waals surface area contributed by atoms with Crippen molar-refractivity contribution in [3.8, 4) is 22.8 Å². The van der Waals surface area contributed by atoms with Gasteiger partial charge in [-0.1, -0.05) is 76.4 Å². The highest BCUT2D eigenvalue weighted by Gasteiger charge is 2.33. The van der Waals surface area contributed by atoms with E-state index in [1.807, 2.05) is 0 Å². The number of fused-ring (bicyclic) bond motifs is 5. The first-order valence-electron chi connectivity index (χ1n) is 14.8. The molecule has 39 heavy (non-hydrogen) atoms. The summed E-state index contributed by atoms with van der Waals surface area (Å²) in [4.78, 5) is 0. The van der Waals surface area contributed by atoms with E-state index in [4.69, 9.17) is 4.74 Å². The summed E-state index contributed by atoms with van der Waals surface area (Å²) in [7, 11) is 2.19. The van der Waals surface area contributed by atoms with Gasteiger partial charge in [0.1, 0.15) is 18.5 Å². The summed E-state index contributed by atoms with van der Waals surface area (Å²) in [6.45, 7) is 11.5. The fourth-order valence-electron chi connectivity index (χ4n) is 7.43. The van der Waals surface area contributed by atoms with Crippen LogP contribution in [0.5, 0.6) is 11.5 Å². The van der Waals surface area contributed by atoms with Gasteiger partial charge in [-0.25, -0.2) is 4.57 Å². The molecule has 2 heterocycles. The van der Waals surface area contributed by atoms with Gasteiger partial charge in [0.2, 0.25) is 5.69 Å². The Morgan fingerprint density at radius 2 is 1.62 bits per heavy atom. The molecule has 2 aliphatic rings. The minimum absolute atomic E-state index is 0.252. The summed E-state index contributed by atoms with van der Waals surface area (Å²) in [5.74, 6) is 2.69. The molecule has 2 nitrogen and oxygen atoms in total. The third kappa shape index (κ3) is 3.94. The molecular weight excluding hydrogens is 474 g/mol. The van der Waals surface area contributed by atoms with Gasteiger partial charge in [0.15, 0.2) is 6.20 Å². The summed E-state index contributed by atoms with van der Waals surface area (Å²) in [6, 6.07) is 18.8. The molecule has 0 bridgehead atoms. The molecule has 1 fully saturated rings. The van der Waals surface area contributed by atoms with Crippen LogP contribution in [0, 0.1) is 19.3 Å². The van der Waals surface area contributed by atoms with Crippen LogP contribution in [0.25, 0.3) is 43.6 Å². The van der Waals surface area contributed by atoms with Crippen molar-refractivity contribution in [1.29, 1.82) is 0 Å². The fourth-order valence-corrected chi connectivity index (χ4v) is 7.43. The van der Waals surface area contributed by atoms with Gasteiger partial charge in [0.05, 0.1) is 10.9 Å². The Morgan fingerprint density at radius 1 is 0.821 bits per heavy atom. The lowest BCUT2D eigenvalue weighted by Crippen LogP contribution is -2.32. The van der Waals surface area contributed by atoms with Crippen molar-refractivity contribution >= 4 is 32.3 Å². The summed E-state index contributed by atoms with van der Waals surface area (Å²) < 4.78 is 9.18. The molecule has 0 unspecified atom stereocenters. The predicted octanol–water partition coefficient (Wildman–Crippen LogP) is 10.00. The number of ether oxygens (including phenoxy) is 1. The normalized spacial score (nSPS) is 15.6. The van der Waals surface area contributed by atoms with Crippen molar-refractivity contribution in [3.05, 3.63) is 77.0 Å². The number of hydrogen-bond acceptors (Lipinski definition) is 1. The van der Waals surface area contributed by atoms with Crippen molar-refractivity contribution in [2.75, 3.05) is 0 Å². The van der Waals surface area contributed by atoms with E-state index in [9.17, 15) is 0 Å². The first-order valence-corrected chi connectivity index (χ1v) is 14.8. The van der Waals surface area contributed by atoms with Gasteiger partial charge in [0, 0.05) is 17.0 Å². The van der Waals surface area contributed by atoms with E-state index in [1.165, 1.54) is 97.9 Å². The molecule has 0 saturated heterocycles. The molecule has 1 aliphatic heterocycles. The van der Waals surface area contributed by atoms with E-state index >= 15 is 0 Å². The molecule has 0 amide bonds. The third-order valence-corrected chi connectivity index (χ3v) is 9.32. The second-order valence-corrected chi connectivity index (χ2v) is 13.4. The number of benzene rings is 4. The molecule has 1 saturated carbocycles. The highest BCUT2D eigenvalue weighted by Crippen LogP contribution is 2.52. The zero-order valence-corrected chi connectivity index (χ0v) is 24.4. The molecule has 1 aliphatic carbocycles. The number of pyridine rings is 1. The number of hydrogen-bond donors (Lipinski definition) is 0. The minimum atomic E-state index is 0.252. The average Bonchev–Trinajstić information content (AvgIpc) is 2.92. The molecule has 4 aromatic carbocycles. The lowest BCUT2D eigenvalue weighted by molar-refractivity contribution is -0.659. The zero-order chi connectivity index (χ0) is 27.1. The molecule has 7 rings (SSSR count). The van der Waals surface area contributed by atoms with Crippen molar-refractivity contribution in [2.24, 2.45) is 12.5 Å². The molecule has 1 aromatic heterocycles. The minimum Gasteiger partial charge on any atom is -0.455 e. The number of aryl methyl sites for hydroxylation is 3. The Hall–Kier alpha value is -3.39. The molecule has 0 radical (unpaired) electrons. The van der Waals surface area contributed by atoms with Gasteiger partial charge in [-0.05, 0) is 88.7 Å². The van der Waals surface area contributed by atoms with Crippen molar-refractivity contribution in [3.63, 3.8) is 0 Å². The fraction of sp³-hybridized carbons (Fsp3) is 0.378. The van der Waals surface area contributed by atoms with E-state index < -0.39 is 0 Å². The van der Waals surface area contributed by atoms with E-state index in [-0.39, 0.29) is 5.41 Å². The van der Waals surface area contributed by atoms with Crippen LogP contribution in [0.1, 0.15) is 81.0 Å². The second kappa shape index (κ2) is 8.81. The number of aromatic nitrogens is 1. The van der Waals surface area contributed by atoms with Gasteiger partial charge in [-0.3, -0.25) is 0 Å². The molecular formula is C37H40NO+. The Morgan fingerprint density at radius 3 is 2.38 bits per heavy atom. The van der Waals surface area contributed by atoms with Gasteiger partial charge in [-0.2, -0.15) is 0 Å². The van der Waals surface area contributed by atoms with Crippen LogP contribution in [0.2, 0.25) is 0 Å². The highest BCUT2D eigenvalue weighted by molar-refractivity contribution is 6.16. The van der Waals surface area contributed by atoms with Crippen molar-refractivity contribution in [1.82, 2.24) is 0 Å². The predicted molar refractivity (Wildman–Crippen MR) is 164 cm³/mol. The summed E-state index contributed by atoms with van der Waals surface area (Å²) >= 11 is 0. The van der Waals surface area contributed by atoms with E-state index in [1.54, 1.807) is 0 Å². The van der Waals surface area contributed by atoms with E-state index in [0.717, 1.165) is 17.9 Å². The first kappa shape index (κ1) is 24.6. The Balaban J connectivity index is 1.50. The number of rotatable bonds is 2. The molecule has 2 heteroatoms. The second-order valence-electron chi connectivity index (χ2n) is 13.4. The van der Waals surface area contributed by atoms with E-state index in [2.05, 4.69) is 101 Å². The molecule has 5 aromatic rings. The van der Waals surface area contributed by atoms with Crippen LogP contribution in [-0.4, -0.2) is 0 Å². The molecule has 0 atom stereocenters. The maximum absolute atomic E-state index is 6.88. The zero-order valence-electron chi connectivity index (χ0n) is 24.4. The van der Waals surface area contributed by atoms with Gasteiger partial charge in [0.25, 0.3) is 0 Å². The van der Waals surface area contributed by atoms with Gasteiger partial charge in [-0.15, -0.1) is 0 Å². The van der Waals surface area contributed by atoms with Gasteiger partial charge >= 0.3 is 0 Å². The monoisotopic (exact) mass is 514 g/mol. The molecule has 0 spiro atoms.